The standard InChI is InChI=1S/C13H19Br2NO2S2/c1-9-10(2)19-12(16-9)5-13(7-14,8-15)11-3-4-20(17,18)6-11/h11H,3-8H2,1-2H3. The minimum atomic E-state index is -2.85. The quantitative estimate of drug-likeness (QED) is 0.652. The first-order valence-electron chi connectivity index (χ1n) is 6.57. The van der Waals surface area contributed by atoms with E-state index in [1.54, 1.807) is 11.3 Å². The molecule has 2 rings (SSSR count). The van der Waals surface area contributed by atoms with E-state index in [1.807, 2.05) is 6.92 Å². The zero-order valence-electron chi connectivity index (χ0n) is 11.7. The first kappa shape index (κ1) is 16.9. The molecule has 0 aliphatic carbocycles. The van der Waals surface area contributed by atoms with Crippen molar-refractivity contribution in [2.45, 2.75) is 26.7 Å². The van der Waals surface area contributed by atoms with Crippen LogP contribution >= 0.6 is 43.2 Å². The molecule has 0 spiro atoms. The Balaban J connectivity index is 2.25. The van der Waals surface area contributed by atoms with Crippen LogP contribution in [0.5, 0.6) is 0 Å². The third kappa shape index (κ3) is 3.47. The zero-order chi connectivity index (χ0) is 15.0. The van der Waals surface area contributed by atoms with Gasteiger partial charge in [0.2, 0.25) is 0 Å². The summed E-state index contributed by atoms with van der Waals surface area (Å²) in [6.07, 6.45) is 1.60. The highest BCUT2D eigenvalue weighted by atomic mass is 79.9. The van der Waals surface area contributed by atoms with Crippen LogP contribution in [0.1, 0.15) is 22.0 Å². The van der Waals surface area contributed by atoms with Crippen LogP contribution < -0.4 is 0 Å². The van der Waals surface area contributed by atoms with Crippen molar-refractivity contribution < 1.29 is 8.42 Å². The summed E-state index contributed by atoms with van der Waals surface area (Å²) in [7, 11) is -2.85. The van der Waals surface area contributed by atoms with Crippen molar-refractivity contribution in [1.29, 1.82) is 0 Å². The molecule has 0 bridgehead atoms. The number of halogens is 2. The molecule has 0 saturated carbocycles. The van der Waals surface area contributed by atoms with E-state index in [2.05, 4.69) is 43.8 Å². The lowest BCUT2D eigenvalue weighted by atomic mass is 9.76. The first-order valence-corrected chi connectivity index (χ1v) is 11.5. The molecule has 0 radical (unpaired) electrons. The Bertz CT molecular complexity index is 560. The molecule has 3 nitrogen and oxygen atoms in total. The molecule has 0 aromatic carbocycles. The average Bonchev–Trinajstić information content (AvgIpc) is 2.90. The lowest BCUT2D eigenvalue weighted by molar-refractivity contribution is 0.253. The van der Waals surface area contributed by atoms with E-state index in [1.165, 1.54) is 4.88 Å². The molecule has 114 valence electrons. The molecular weight excluding hydrogens is 426 g/mol. The molecule has 1 aliphatic heterocycles. The second kappa shape index (κ2) is 6.34. The monoisotopic (exact) mass is 443 g/mol. The minimum Gasteiger partial charge on any atom is -0.246 e. The van der Waals surface area contributed by atoms with Crippen molar-refractivity contribution in [2.75, 3.05) is 22.2 Å². The maximum atomic E-state index is 11.8. The maximum Gasteiger partial charge on any atom is 0.150 e. The average molecular weight is 445 g/mol. The smallest absolute Gasteiger partial charge is 0.150 e. The lowest BCUT2D eigenvalue weighted by Crippen LogP contribution is -2.37. The number of thiazole rings is 1. The van der Waals surface area contributed by atoms with Gasteiger partial charge in [-0.3, -0.25) is 0 Å². The summed E-state index contributed by atoms with van der Waals surface area (Å²) < 4.78 is 23.6. The Kier molecular flexibility index (Phi) is 5.36. The number of sulfone groups is 1. The van der Waals surface area contributed by atoms with E-state index >= 15 is 0 Å². The van der Waals surface area contributed by atoms with Gasteiger partial charge in [-0.2, -0.15) is 0 Å². The second-order valence-corrected chi connectivity index (χ2v) is 10.3. The summed E-state index contributed by atoms with van der Waals surface area (Å²) in [5.41, 5.74) is 1.02. The fourth-order valence-corrected chi connectivity index (χ4v) is 7.96. The van der Waals surface area contributed by atoms with Gasteiger partial charge in [0.1, 0.15) is 0 Å². The highest BCUT2D eigenvalue weighted by Gasteiger charge is 2.44. The lowest BCUT2D eigenvalue weighted by Gasteiger charge is -2.35. The van der Waals surface area contributed by atoms with Crippen molar-refractivity contribution in [3.05, 3.63) is 15.6 Å². The van der Waals surface area contributed by atoms with Crippen molar-refractivity contribution in [2.24, 2.45) is 11.3 Å². The van der Waals surface area contributed by atoms with Gasteiger partial charge in [0.15, 0.2) is 9.84 Å². The van der Waals surface area contributed by atoms with Crippen LogP contribution in [-0.4, -0.2) is 35.6 Å². The van der Waals surface area contributed by atoms with Crippen LogP contribution in [0.25, 0.3) is 0 Å². The summed E-state index contributed by atoms with van der Waals surface area (Å²) >= 11 is 8.96. The fourth-order valence-electron chi connectivity index (χ4n) is 2.69. The van der Waals surface area contributed by atoms with E-state index in [-0.39, 0.29) is 11.3 Å². The molecule has 1 aromatic rings. The summed E-state index contributed by atoms with van der Waals surface area (Å²) in [6, 6.07) is 0. The highest BCUT2D eigenvalue weighted by Crippen LogP contribution is 2.42. The molecule has 1 saturated heterocycles. The molecule has 1 atom stereocenters. The SMILES string of the molecule is Cc1nc(CC(CBr)(CBr)C2CCS(=O)(=O)C2)sc1C. The van der Waals surface area contributed by atoms with Crippen LogP contribution in [-0.2, 0) is 16.3 Å². The Morgan fingerprint density at radius 1 is 1.35 bits per heavy atom. The fraction of sp³-hybridized carbons (Fsp3) is 0.769. The van der Waals surface area contributed by atoms with Crippen LogP contribution in [0.3, 0.4) is 0 Å². The molecule has 0 amide bonds. The van der Waals surface area contributed by atoms with Crippen LogP contribution in [0.4, 0.5) is 0 Å². The predicted molar refractivity (Wildman–Crippen MR) is 92.1 cm³/mol. The summed E-state index contributed by atoms with van der Waals surface area (Å²) in [5, 5.41) is 2.70. The molecule has 1 unspecified atom stereocenters. The van der Waals surface area contributed by atoms with E-state index in [0.717, 1.165) is 34.2 Å². The van der Waals surface area contributed by atoms with Gasteiger partial charge in [0, 0.05) is 22.0 Å². The molecule has 1 aromatic heterocycles. The molecule has 7 heteroatoms. The van der Waals surface area contributed by atoms with Crippen LogP contribution in [0, 0.1) is 25.2 Å². The first-order chi connectivity index (χ1) is 9.32. The van der Waals surface area contributed by atoms with Gasteiger partial charge < -0.3 is 0 Å². The second-order valence-electron chi connectivity index (χ2n) is 5.66. The molecular formula is C13H19Br2NO2S2. The normalized spacial score (nSPS) is 22.3. The minimum absolute atomic E-state index is 0.0691. The molecule has 2 heterocycles. The van der Waals surface area contributed by atoms with Gasteiger partial charge in [-0.15, -0.1) is 11.3 Å². The summed E-state index contributed by atoms with van der Waals surface area (Å²) in [4.78, 5) is 5.87. The van der Waals surface area contributed by atoms with Gasteiger partial charge in [-0.05, 0) is 31.6 Å². The Morgan fingerprint density at radius 3 is 2.40 bits per heavy atom. The van der Waals surface area contributed by atoms with E-state index in [0.29, 0.717) is 11.5 Å². The molecule has 20 heavy (non-hydrogen) atoms. The third-order valence-electron chi connectivity index (χ3n) is 4.21. The topological polar surface area (TPSA) is 47.0 Å². The van der Waals surface area contributed by atoms with Crippen molar-refractivity contribution >= 4 is 53.0 Å². The van der Waals surface area contributed by atoms with Crippen molar-refractivity contribution in [1.82, 2.24) is 4.98 Å². The van der Waals surface area contributed by atoms with E-state index < -0.39 is 9.84 Å². The number of aryl methyl sites for hydroxylation is 2. The van der Waals surface area contributed by atoms with E-state index in [4.69, 9.17) is 0 Å². The number of aromatic nitrogens is 1. The summed E-state index contributed by atoms with van der Waals surface area (Å²) in [6.45, 7) is 4.11. The molecule has 0 N–H and O–H groups in total. The number of hydrogen-bond acceptors (Lipinski definition) is 4. The van der Waals surface area contributed by atoms with Crippen molar-refractivity contribution in [3.8, 4) is 0 Å². The Labute approximate surface area is 141 Å². The van der Waals surface area contributed by atoms with Gasteiger partial charge in [-0.25, -0.2) is 13.4 Å². The largest absolute Gasteiger partial charge is 0.246 e. The van der Waals surface area contributed by atoms with Gasteiger partial charge >= 0.3 is 0 Å². The number of hydrogen-bond donors (Lipinski definition) is 0. The number of rotatable bonds is 5. The van der Waals surface area contributed by atoms with Crippen molar-refractivity contribution in [3.63, 3.8) is 0 Å². The van der Waals surface area contributed by atoms with E-state index in [9.17, 15) is 8.42 Å². The third-order valence-corrected chi connectivity index (χ3v) is 9.28. The van der Waals surface area contributed by atoms with Gasteiger partial charge in [-0.1, -0.05) is 31.9 Å². The maximum absolute atomic E-state index is 11.8. The Morgan fingerprint density at radius 2 is 2.00 bits per heavy atom. The van der Waals surface area contributed by atoms with Gasteiger partial charge in [0.05, 0.1) is 22.2 Å². The highest BCUT2D eigenvalue weighted by molar-refractivity contribution is 9.09. The molecule has 1 fully saturated rings. The van der Waals surface area contributed by atoms with Crippen LogP contribution in [0.2, 0.25) is 0 Å². The zero-order valence-corrected chi connectivity index (χ0v) is 16.5. The predicted octanol–water partition coefficient (Wildman–Crippen LogP) is 3.51. The van der Waals surface area contributed by atoms with Gasteiger partial charge in [0.25, 0.3) is 0 Å². The Hall–Kier alpha value is 0.540. The number of nitrogens with zero attached hydrogens (tertiary/aromatic N) is 1. The van der Waals surface area contributed by atoms with Crippen LogP contribution in [0.15, 0.2) is 0 Å². The number of alkyl halides is 2. The molecule has 1 aliphatic rings. The summed E-state index contributed by atoms with van der Waals surface area (Å²) in [5.74, 6) is 0.846.